The molecule has 0 radical (unpaired) electrons. The summed E-state index contributed by atoms with van der Waals surface area (Å²) in [6.07, 6.45) is 6.63. The highest BCUT2D eigenvalue weighted by atomic mass is 16.4. The van der Waals surface area contributed by atoms with Crippen LogP contribution in [0.25, 0.3) is 5.69 Å². The topological polar surface area (TPSA) is 84.2 Å². The van der Waals surface area contributed by atoms with Crippen LogP contribution in [0.3, 0.4) is 0 Å². The molecule has 1 aromatic heterocycles. The van der Waals surface area contributed by atoms with E-state index in [1.165, 1.54) is 0 Å². The van der Waals surface area contributed by atoms with Crippen molar-refractivity contribution in [2.75, 3.05) is 0 Å². The van der Waals surface area contributed by atoms with Gasteiger partial charge in [0.2, 0.25) is 5.91 Å². The first-order valence-corrected chi connectivity index (χ1v) is 8.23. The van der Waals surface area contributed by atoms with Crippen molar-refractivity contribution in [3.63, 3.8) is 0 Å². The fourth-order valence-corrected chi connectivity index (χ4v) is 3.11. The Morgan fingerprint density at radius 3 is 2.75 bits per heavy atom. The van der Waals surface area contributed by atoms with E-state index in [4.69, 9.17) is 5.11 Å². The molecule has 1 amide bonds. The number of aromatic nitrogens is 2. The summed E-state index contributed by atoms with van der Waals surface area (Å²) in [5, 5.41) is 16.3. The van der Waals surface area contributed by atoms with Crippen LogP contribution >= 0.6 is 0 Å². The Morgan fingerprint density at radius 2 is 2.04 bits per heavy atom. The molecule has 0 aliphatic heterocycles. The number of hydrogen-bond donors (Lipinski definition) is 2. The fourth-order valence-electron chi connectivity index (χ4n) is 3.11. The first kappa shape index (κ1) is 16.2. The molecule has 1 aliphatic rings. The van der Waals surface area contributed by atoms with Gasteiger partial charge in [0.1, 0.15) is 0 Å². The zero-order valence-corrected chi connectivity index (χ0v) is 13.4. The molecule has 2 N–H and O–H groups in total. The summed E-state index contributed by atoms with van der Waals surface area (Å²) in [5.41, 5.74) is 1.99. The lowest BCUT2D eigenvalue weighted by molar-refractivity contribution is -0.141. The van der Waals surface area contributed by atoms with Gasteiger partial charge in [-0.15, -0.1) is 0 Å². The largest absolute Gasteiger partial charge is 0.481 e. The van der Waals surface area contributed by atoms with Gasteiger partial charge in [0, 0.05) is 18.7 Å². The first-order chi connectivity index (χ1) is 11.6. The summed E-state index contributed by atoms with van der Waals surface area (Å²) in [4.78, 5) is 23.0. The van der Waals surface area contributed by atoms with Crippen molar-refractivity contribution in [3.05, 3.63) is 48.3 Å². The van der Waals surface area contributed by atoms with Crippen LogP contribution in [-0.2, 0) is 16.0 Å². The molecule has 1 aromatic carbocycles. The lowest BCUT2D eigenvalue weighted by Crippen LogP contribution is -2.33. The summed E-state index contributed by atoms with van der Waals surface area (Å²) in [7, 11) is 0. The molecule has 1 saturated carbocycles. The van der Waals surface area contributed by atoms with Gasteiger partial charge in [0.25, 0.3) is 0 Å². The number of para-hydroxylation sites is 1. The molecule has 3 rings (SSSR count). The monoisotopic (exact) mass is 327 g/mol. The van der Waals surface area contributed by atoms with Gasteiger partial charge in [0.05, 0.1) is 17.8 Å². The standard InChI is InChI=1S/C18H21N3O3/c22-17(20-15-8-7-14(10-15)18(23)24)9-6-13-11-19-21(12-13)16-4-2-1-3-5-16/h1-5,11-12,14-15H,6-10H2,(H,20,22)(H,23,24)/t14-,15+/m0/s1. The van der Waals surface area contributed by atoms with E-state index in [0.717, 1.165) is 17.7 Å². The second-order valence-corrected chi connectivity index (χ2v) is 6.24. The van der Waals surface area contributed by atoms with Gasteiger partial charge >= 0.3 is 5.97 Å². The van der Waals surface area contributed by atoms with Gasteiger partial charge < -0.3 is 10.4 Å². The smallest absolute Gasteiger partial charge is 0.306 e. The van der Waals surface area contributed by atoms with Gasteiger partial charge in [-0.25, -0.2) is 4.68 Å². The molecule has 0 unspecified atom stereocenters. The van der Waals surface area contributed by atoms with Crippen molar-refractivity contribution in [1.82, 2.24) is 15.1 Å². The number of benzene rings is 1. The molecular weight excluding hydrogens is 306 g/mol. The average molecular weight is 327 g/mol. The molecule has 0 bridgehead atoms. The Kier molecular flexibility index (Phi) is 4.93. The van der Waals surface area contributed by atoms with Gasteiger partial charge in [-0.05, 0) is 43.4 Å². The number of carboxylic acids is 1. The predicted octanol–water partition coefficient (Wildman–Crippen LogP) is 2.17. The van der Waals surface area contributed by atoms with Crippen molar-refractivity contribution in [2.24, 2.45) is 5.92 Å². The SMILES string of the molecule is O=C(CCc1cnn(-c2ccccc2)c1)N[C@@H]1CC[C@H](C(=O)O)C1. The van der Waals surface area contributed by atoms with E-state index >= 15 is 0 Å². The zero-order valence-electron chi connectivity index (χ0n) is 13.4. The van der Waals surface area contributed by atoms with Crippen LogP contribution in [0.4, 0.5) is 0 Å². The quantitative estimate of drug-likeness (QED) is 0.851. The lowest BCUT2D eigenvalue weighted by Gasteiger charge is -2.12. The van der Waals surface area contributed by atoms with Crippen LogP contribution in [0, 0.1) is 5.92 Å². The minimum absolute atomic E-state index is 0.00866. The number of carbonyl (C=O) groups is 2. The highest BCUT2D eigenvalue weighted by Crippen LogP contribution is 2.25. The molecule has 1 aliphatic carbocycles. The molecule has 6 nitrogen and oxygen atoms in total. The van der Waals surface area contributed by atoms with Crippen LogP contribution in [0.2, 0.25) is 0 Å². The Bertz CT molecular complexity index is 711. The summed E-state index contributed by atoms with van der Waals surface area (Å²) in [6, 6.07) is 9.80. The van der Waals surface area contributed by atoms with Crippen LogP contribution in [0.1, 0.15) is 31.2 Å². The number of nitrogens with one attached hydrogen (secondary N) is 1. The first-order valence-electron chi connectivity index (χ1n) is 8.23. The number of amides is 1. The van der Waals surface area contributed by atoms with Gasteiger partial charge in [-0.1, -0.05) is 18.2 Å². The molecule has 2 aromatic rings. The van der Waals surface area contributed by atoms with Crippen molar-refractivity contribution in [2.45, 2.75) is 38.1 Å². The molecule has 1 heterocycles. The Morgan fingerprint density at radius 1 is 1.25 bits per heavy atom. The van der Waals surface area contributed by atoms with Crippen molar-refractivity contribution in [3.8, 4) is 5.69 Å². The van der Waals surface area contributed by atoms with E-state index in [0.29, 0.717) is 25.7 Å². The van der Waals surface area contributed by atoms with E-state index in [2.05, 4.69) is 10.4 Å². The predicted molar refractivity (Wildman–Crippen MR) is 88.8 cm³/mol. The molecule has 1 fully saturated rings. The second-order valence-electron chi connectivity index (χ2n) is 6.24. The third-order valence-corrected chi connectivity index (χ3v) is 4.44. The second kappa shape index (κ2) is 7.29. The fraction of sp³-hybridized carbons (Fsp3) is 0.389. The number of hydrogen-bond acceptors (Lipinski definition) is 3. The normalized spacial score (nSPS) is 20.0. The van der Waals surface area contributed by atoms with Crippen molar-refractivity contribution in [1.29, 1.82) is 0 Å². The average Bonchev–Trinajstić information content (AvgIpc) is 3.23. The molecule has 2 atom stereocenters. The Balaban J connectivity index is 1.47. The van der Waals surface area contributed by atoms with E-state index in [1.54, 1.807) is 10.9 Å². The van der Waals surface area contributed by atoms with E-state index in [9.17, 15) is 9.59 Å². The van der Waals surface area contributed by atoms with Crippen LogP contribution in [0.5, 0.6) is 0 Å². The summed E-state index contributed by atoms with van der Waals surface area (Å²) < 4.78 is 1.79. The zero-order chi connectivity index (χ0) is 16.9. The molecule has 126 valence electrons. The summed E-state index contributed by atoms with van der Waals surface area (Å²) in [5.74, 6) is -1.11. The highest BCUT2D eigenvalue weighted by Gasteiger charge is 2.30. The van der Waals surface area contributed by atoms with Crippen molar-refractivity contribution < 1.29 is 14.7 Å². The van der Waals surface area contributed by atoms with E-state index in [1.807, 2.05) is 36.5 Å². The number of aliphatic carboxylic acids is 1. The lowest BCUT2D eigenvalue weighted by atomic mass is 10.1. The van der Waals surface area contributed by atoms with Gasteiger partial charge in [-0.3, -0.25) is 9.59 Å². The van der Waals surface area contributed by atoms with Crippen LogP contribution in [0.15, 0.2) is 42.7 Å². The minimum atomic E-state index is -0.764. The number of carbonyl (C=O) groups excluding carboxylic acids is 1. The summed E-state index contributed by atoms with van der Waals surface area (Å²) >= 11 is 0. The third kappa shape index (κ3) is 4.01. The number of aryl methyl sites for hydroxylation is 1. The van der Waals surface area contributed by atoms with Crippen molar-refractivity contribution >= 4 is 11.9 Å². The van der Waals surface area contributed by atoms with E-state index in [-0.39, 0.29) is 17.9 Å². The minimum Gasteiger partial charge on any atom is -0.481 e. The molecular formula is C18H21N3O3. The van der Waals surface area contributed by atoms with Crippen LogP contribution < -0.4 is 5.32 Å². The molecule has 24 heavy (non-hydrogen) atoms. The Labute approximate surface area is 140 Å². The maximum Gasteiger partial charge on any atom is 0.306 e. The third-order valence-electron chi connectivity index (χ3n) is 4.44. The molecule has 6 heteroatoms. The molecule has 0 saturated heterocycles. The highest BCUT2D eigenvalue weighted by molar-refractivity contribution is 5.77. The van der Waals surface area contributed by atoms with E-state index < -0.39 is 5.97 Å². The van der Waals surface area contributed by atoms with Gasteiger partial charge in [-0.2, -0.15) is 5.10 Å². The number of nitrogens with zero attached hydrogens (tertiary/aromatic N) is 2. The Hall–Kier alpha value is -2.63. The number of rotatable bonds is 6. The maximum absolute atomic E-state index is 12.0. The molecule has 0 spiro atoms. The van der Waals surface area contributed by atoms with Crippen LogP contribution in [-0.4, -0.2) is 32.8 Å². The summed E-state index contributed by atoms with van der Waals surface area (Å²) in [6.45, 7) is 0. The van der Waals surface area contributed by atoms with Gasteiger partial charge in [0.15, 0.2) is 0 Å². The number of carboxylic acid groups (broad SMARTS) is 1. The maximum atomic E-state index is 12.0.